The Balaban J connectivity index is 1.87. The van der Waals surface area contributed by atoms with Crippen LogP contribution in [0.15, 0.2) is 18.5 Å². The van der Waals surface area contributed by atoms with Gasteiger partial charge in [0.1, 0.15) is 0 Å². The monoisotopic (exact) mass is 205 g/mol. The standard InChI is InChI=1S/C11H15N3O/c1-8-4-12-3-2-9(8)7-14-11(15)10-5-13-6-10/h2-4,10,13H,5-7H2,1H3,(H,14,15). The Bertz CT molecular complexity index is 361. The van der Waals surface area contributed by atoms with E-state index in [1.165, 1.54) is 0 Å². The average Bonchev–Trinajstić information content (AvgIpc) is 2.14. The van der Waals surface area contributed by atoms with Gasteiger partial charge in [-0.2, -0.15) is 0 Å². The molecule has 0 unspecified atom stereocenters. The fourth-order valence-corrected chi connectivity index (χ4v) is 1.50. The van der Waals surface area contributed by atoms with Gasteiger partial charge in [-0.15, -0.1) is 0 Å². The molecule has 0 bridgehead atoms. The molecule has 4 nitrogen and oxygen atoms in total. The summed E-state index contributed by atoms with van der Waals surface area (Å²) in [6.45, 7) is 4.21. The van der Waals surface area contributed by atoms with Gasteiger partial charge in [-0.05, 0) is 24.1 Å². The van der Waals surface area contributed by atoms with Crippen molar-refractivity contribution in [2.75, 3.05) is 13.1 Å². The van der Waals surface area contributed by atoms with Crippen molar-refractivity contribution in [2.45, 2.75) is 13.5 Å². The lowest BCUT2D eigenvalue weighted by molar-refractivity contribution is -0.126. The quantitative estimate of drug-likeness (QED) is 0.742. The maximum atomic E-state index is 11.5. The predicted octanol–water partition coefficient (Wildman–Crippen LogP) is 0.226. The molecule has 1 aromatic rings. The van der Waals surface area contributed by atoms with Crippen LogP contribution in [-0.4, -0.2) is 24.0 Å². The van der Waals surface area contributed by atoms with E-state index in [4.69, 9.17) is 0 Å². The Kier molecular flexibility index (Phi) is 2.97. The zero-order chi connectivity index (χ0) is 10.7. The van der Waals surface area contributed by atoms with Crippen LogP contribution in [0, 0.1) is 12.8 Å². The molecular weight excluding hydrogens is 190 g/mol. The van der Waals surface area contributed by atoms with Gasteiger partial charge < -0.3 is 10.6 Å². The van der Waals surface area contributed by atoms with Crippen LogP contribution in [0.3, 0.4) is 0 Å². The lowest BCUT2D eigenvalue weighted by Crippen LogP contribution is -2.50. The molecule has 0 saturated carbocycles. The smallest absolute Gasteiger partial charge is 0.225 e. The van der Waals surface area contributed by atoms with Crippen molar-refractivity contribution in [3.63, 3.8) is 0 Å². The first-order valence-electron chi connectivity index (χ1n) is 5.15. The second-order valence-corrected chi connectivity index (χ2v) is 3.88. The summed E-state index contributed by atoms with van der Waals surface area (Å²) in [5.74, 6) is 0.303. The first-order chi connectivity index (χ1) is 7.27. The van der Waals surface area contributed by atoms with Crippen molar-refractivity contribution in [1.82, 2.24) is 15.6 Å². The summed E-state index contributed by atoms with van der Waals surface area (Å²) in [6, 6.07) is 1.94. The van der Waals surface area contributed by atoms with Gasteiger partial charge in [-0.3, -0.25) is 9.78 Å². The third kappa shape index (κ3) is 2.33. The molecule has 2 heterocycles. The van der Waals surface area contributed by atoms with Gasteiger partial charge in [0.05, 0.1) is 5.92 Å². The molecule has 1 aliphatic rings. The number of pyridine rings is 1. The highest BCUT2D eigenvalue weighted by molar-refractivity contribution is 5.80. The largest absolute Gasteiger partial charge is 0.352 e. The van der Waals surface area contributed by atoms with E-state index in [0.717, 1.165) is 24.2 Å². The van der Waals surface area contributed by atoms with Crippen LogP contribution in [0.2, 0.25) is 0 Å². The Morgan fingerprint density at radius 2 is 2.47 bits per heavy atom. The van der Waals surface area contributed by atoms with Crippen molar-refractivity contribution in [3.05, 3.63) is 29.6 Å². The summed E-state index contributed by atoms with van der Waals surface area (Å²) in [4.78, 5) is 15.6. The fraction of sp³-hybridized carbons (Fsp3) is 0.455. The second kappa shape index (κ2) is 4.40. The molecule has 2 rings (SSSR count). The van der Waals surface area contributed by atoms with Gasteiger partial charge in [-0.1, -0.05) is 0 Å². The van der Waals surface area contributed by atoms with Crippen LogP contribution < -0.4 is 10.6 Å². The zero-order valence-corrected chi connectivity index (χ0v) is 8.79. The summed E-state index contributed by atoms with van der Waals surface area (Å²) in [7, 11) is 0. The Morgan fingerprint density at radius 1 is 1.67 bits per heavy atom. The minimum atomic E-state index is 0.143. The highest BCUT2D eigenvalue weighted by atomic mass is 16.2. The maximum Gasteiger partial charge on any atom is 0.225 e. The lowest BCUT2D eigenvalue weighted by Gasteiger charge is -2.25. The molecule has 80 valence electrons. The third-order valence-corrected chi connectivity index (χ3v) is 2.74. The molecule has 1 saturated heterocycles. The first kappa shape index (κ1) is 10.1. The minimum absolute atomic E-state index is 0.143. The van der Waals surface area contributed by atoms with E-state index in [1.807, 2.05) is 19.2 Å². The molecule has 2 N–H and O–H groups in total. The van der Waals surface area contributed by atoms with Gasteiger partial charge in [0.15, 0.2) is 0 Å². The van der Waals surface area contributed by atoms with E-state index >= 15 is 0 Å². The van der Waals surface area contributed by atoms with Crippen LogP contribution in [0.5, 0.6) is 0 Å². The summed E-state index contributed by atoms with van der Waals surface area (Å²) in [5, 5.41) is 6.02. The van der Waals surface area contributed by atoms with E-state index in [1.54, 1.807) is 6.20 Å². The first-order valence-corrected chi connectivity index (χ1v) is 5.15. The molecule has 4 heteroatoms. The van der Waals surface area contributed by atoms with Gasteiger partial charge >= 0.3 is 0 Å². The molecule has 0 spiro atoms. The Labute approximate surface area is 89.1 Å². The summed E-state index contributed by atoms with van der Waals surface area (Å²) >= 11 is 0. The van der Waals surface area contributed by atoms with E-state index in [2.05, 4.69) is 15.6 Å². The number of aromatic nitrogens is 1. The normalized spacial score (nSPS) is 15.8. The Morgan fingerprint density at radius 3 is 3.07 bits per heavy atom. The van der Waals surface area contributed by atoms with Crippen LogP contribution in [0.4, 0.5) is 0 Å². The fourth-order valence-electron chi connectivity index (χ4n) is 1.50. The van der Waals surface area contributed by atoms with Gasteiger partial charge in [-0.25, -0.2) is 0 Å². The molecule has 0 aromatic carbocycles. The van der Waals surface area contributed by atoms with E-state index in [-0.39, 0.29) is 11.8 Å². The number of carbonyl (C=O) groups excluding carboxylic acids is 1. The number of amides is 1. The maximum absolute atomic E-state index is 11.5. The number of nitrogens with zero attached hydrogens (tertiary/aromatic N) is 1. The van der Waals surface area contributed by atoms with Crippen molar-refractivity contribution in [2.24, 2.45) is 5.92 Å². The Hall–Kier alpha value is -1.42. The molecule has 1 aromatic heterocycles. The van der Waals surface area contributed by atoms with E-state index in [0.29, 0.717) is 6.54 Å². The molecule has 0 atom stereocenters. The molecular formula is C11H15N3O. The molecule has 0 aliphatic carbocycles. The van der Waals surface area contributed by atoms with E-state index in [9.17, 15) is 4.79 Å². The van der Waals surface area contributed by atoms with Gasteiger partial charge in [0.25, 0.3) is 0 Å². The van der Waals surface area contributed by atoms with Crippen LogP contribution in [0.1, 0.15) is 11.1 Å². The van der Waals surface area contributed by atoms with Crippen molar-refractivity contribution < 1.29 is 4.79 Å². The van der Waals surface area contributed by atoms with Crippen molar-refractivity contribution in [1.29, 1.82) is 0 Å². The number of carbonyl (C=O) groups is 1. The summed E-state index contributed by atoms with van der Waals surface area (Å²) < 4.78 is 0. The molecule has 1 amide bonds. The highest BCUT2D eigenvalue weighted by Crippen LogP contribution is 2.06. The van der Waals surface area contributed by atoms with Gasteiger partial charge in [0.2, 0.25) is 5.91 Å². The van der Waals surface area contributed by atoms with Crippen molar-refractivity contribution >= 4 is 5.91 Å². The number of hydrogen-bond acceptors (Lipinski definition) is 3. The summed E-state index contributed by atoms with van der Waals surface area (Å²) in [5.41, 5.74) is 2.25. The zero-order valence-electron chi connectivity index (χ0n) is 8.79. The highest BCUT2D eigenvalue weighted by Gasteiger charge is 2.24. The number of rotatable bonds is 3. The SMILES string of the molecule is Cc1cnccc1CNC(=O)C1CNC1. The average molecular weight is 205 g/mol. The molecule has 15 heavy (non-hydrogen) atoms. The van der Waals surface area contributed by atoms with Crippen LogP contribution in [0.25, 0.3) is 0 Å². The van der Waals surface area contributed by atoms with Crippen LogP contribution >= 0.6 is 0 Å². The van der Waals surface area contributed by atoms with Crippen molar-refractivity contribution in [3.8, 4) is 0 Å². The second-order valence-electron chi connectivity index (χ2n) is 3.88. The summed E-state index contributed by atoms with van der Waals surface area (Å²) in [6.07, 6.45) is 3.56. The molecule has 0 radical (unpaired) electrons. The number of nitrogens with one attached hydrogen (secondary N) is 2. The predicted molar refractivity (Wildman–Crippen MR) is 57.2 cm³/mol. The lowest BCUT2D eigenvalue weighted by atomic mass is 10.0. The van der Waals surface area contributed by atoms with Gasteiger partial charge in [0, 0.05) is 32.0 Å². The topological polar surface area (TPSA) is 54.0 Å². The minimum Gasteiger partial charge on any atom is -0.352 e. The molecule has 1 fully saturated rings. The van der Waals surface area contributed by atoms with E-state index < -0.39 is 0 Å². The third-order valence-electron chi connectivity index (χ3n) is 2.74. The number of hydrogen-bond donors (Lipinski definition) is 2. The van der Waals surface area contributed by atoms with Crippen LogP contribution in [-0.2, 0) is 11.3 Å². The number of aryl methyl sites for hydroxylation is 1. The molecule has 1 aliphatic heterocycles.